The monoisotopic (exact) mass is 391 g/mol. The van der Waals surface area contributed by atoms with Gasteiger partial charge in [-0.05, 0) is 23.8 Å². The number of β-amino-alcohol motifs (C(OH)–C–C–N with tert-alkyl or cyclic N) is 1. The number of hydrogen-bond donors (Lipinski definition) is 1. The number of nitrogens with zero attached hydrogens (tertiary/aromatic N) is 1. The highest BCUT2D eigenvalue weighted by Crippen LogP contribution is 2.29. The van der Waals surface area contributed by atoms with E-state index in [0.717, 1.165) is 0 Å². The predicted octanol–water partition coefficient (Wildman–Crippen LogP) is 0.685. The second-order valence-electron chi connectivity index (χ2n) is 6.15. The number of carbonyl (C=O) groups excluding carboxylic acids is 4. The van der Waals surface area contributed by atoms with Crippen molar-refractivity contribution in [2.45, 2.75) is 32.4 Å². The molecule has 1 aromatic carbocycles. The molecule has 0 aliphatic carbocycles. The summed E-state index contributed by atoms with van der Waals surface area (Å²) in [7, 11) is 1.22. The molecule has 0 spiro atoms. The first-order valence-corrected chi connectivity index (χ1v) is 8.46. The molecule has 1 heterocycles. The van der Waals surface area contributed by atoms with E-state index in [1.807, 2.05) is 0 Å². The maximum Gasteiger partial charge on any atom is 0.328 e. The first kappa shape index (κ1) is 21.1. The molecule has 28 heavy (non-hydrogen) atoms. The molecule has 1 amide bonds. The largest absolute Gasteiger partial charge is 0.467 e. The van der Waals surface area contributed by atoms with Gasteiger partial charge in [-0.3, -0.25) is 14.4 Å². The molecular formula is C19H21NO8. The normalized spacial score (nSPS) is 18.8. The highest BCUT2D eigenvalue weighted by Gasteiger charge is 2.38. The topological polar surface area (TPSA) is 119 Å². The summed E-state index contributed by atoms with van der Waals surface area (Å²) in [6, 6.07) is 3.58. The highest BCUT2D eigenvalue weighted by molar-refractivity contribution is 5.95. The van der Waals surface area contributed by atoms with Crippen LogP contribution in [0.3, 0.4) is 0 Å². The van der Waals surface area contributed by atoms with Crippen LogP contribution in [0.1, 0.15) is 25.8 Å². The molecule has 2 unspecified atom stereocenters. The van der Waals surface area contributed by atoms with Gasteiger partial charge >= 0.3 is 17.9 Å². The lowest BCUT2D eigenvalue weighted by molar-refractivity contribution is -0.149. The Hall–Kier alpha value is -3.20. The predicted molar refractivity (Wildman–Crippen MR) is 96.2 cm³/mol. The summed E-state index contributed by atoms with van der Waals surface area (Å²) >= 11 is 0. The molecule has 1 aliphatic rings. The lowest BCUT2D eigenvalue weighted by Gasteiger charge is -2.20. The Morgan fingerprint density at radius 1 is 1.11 bits per heavy atom. The van der Waals surface area contributed by atoms with Crippen LogP contribution in [0.2, 0.25) is 0 Å². The summed E-state index contributed by atoms with van der Waals surface area (Å²) in [6.45, 7) is 2.44. The molecule has 0 radical (unpaired) electrons. The van der Waals surface area contributed by atoms with Crippen LogP contribution in [0.4, 0.5) is 0 Å². The number of hydrogen-bond acceptors (Lipinski definition) is 8. The van der Waals surface area contributed by atoms with E-state index in [1.54, 1.807) is 6.07 Å². The average Bonchev–Trinajstić information content (AvgIpc) is 3.02. The number of amides is 1. The molecule has 2 rings (SSSR count). The number of carbonyl (C=O) groups is 4. The number of esters is 3. The Bertz CT molecular complexity index is 816. The van der Waals surface area contributed by atoms with Gasteiger partial charge in [-0.1, -0.05) is 6.07 Å². The van der Waals surface area contributed by atoms with Crippen LogP contribution in [0.15, 0.2) is 24.3 Å². The van der Waals surface area contributed by atoms with Crippen molar-refractivity contribution in [3.63, 3.8) is 0 Å². The molecule has 1 N–H and O–H groups in total. The molecule has 150 valence electrons. The van der Waals surface area contributed by atoms with E-state index in [0.29, 0.717) is 5.56 Å². The zero-order chi connectivity index (χ0) is 20.8. The standard InChI is InChI=1S/C19H21NO8/c1-11(21)27-16-6-4-13(8-17(16)28-12(2)22)5-7-18(24)20-10-14(23)9-15(20)19(25)26-3/h4-8,14-15,23H,9-10H2,1-3H3/b7-5+. The van der Waals surface area contributed by atoms with E-state index in [1.165, 1.54) is 50.1 Å². The zero-order valence-corrected chi connectivity index (χ0v) is 15.7. The fourth-order valence-electron chi connectivity index (χ4n) is 2.78. The third-order valence-electron chi connectivity index (χ3n) is 3.93. The van der Waals surface area contributed by atoms with Gasteiger partial charge in [-0.25, -0.2) is 4.79 Å². The summed E-state index contributed by atoms with van der Waals surface area (Å²) in [5.74, 6) is -2.15. The summed E-state index contributed by atoms with van der Waals surface area (Å²) in [5, 5.41) is 9.76. The molecule has 1 saturated heterocycles. The van der Waals surface area contributed by atoms with E-state index in [2.05, 4.69) is 4.74 Å². The molecular weight excluding hydrogens is 370 g/mol. The number of rotatable bonds is 5. The fraction of sp³-hybridized carbons (Fsp3) is 0.368. The summed E-state index contributed by atoms with van der Waals surface area (Å²) in [4.78, 5) is 47.8. The number of likely N-dealkylation sites (tertiary alicyclic amines) is 1. The molecule has 1 aromatic rings. The lowest BCUT2D eigenvalue weighted by Crippen LogP contribution is -2.40. The third kappa shape index (κ3) is 5.40. The summed E-state index contributed by atoms with van der Waals surface area (Å²) in [6.07, 6.45) is 1.98. The minimum Gasteiger partial charge on any atom is -0.467 e. The van der Waals surface area contributed by atoms with E-state index in [4.69, 9.17) is 9.47 Å². The second kappa shape index (κ2) is 9.14. The Morgan fingerprint density at radius 3 is 2.36 bits per heavy atom. The van der Waals surface area contributed by atoms with Gasteiger partial charge in [0.1, 0.15) is 6.04 Å². The van der Waals surface area contributed by atoms with E-state index in [9.17, 15) is 24.3 Å². The van der Waals surface area contributed by atoms with Gasteiger partial charge < -0.3 is 24.2 Å². The van der Waals surface area contributed by atoms with E-state index < -0.39 is 36.0 Å². The Morgan fingerprint density at radius 2 is 1.75 bits per heavy atom. The molecule has 1 fully saturated rings. The number of aliphatic hydroxyl groups excluding tert-OH is 1. The van der Waals surface area contributed by atoms with Gasteiger partial charge in [0, 0.05) is 32.9 Å². The maximum absolute atomic E-state index is 12.4. The van der Waals surface area contributed by atoms with Crippen LogP contribution in [-0.2, 0) is 23.9 Å². The number of methoxy groups -OCH3 is 1. The Kier molecular flexibility index (Phi) is 6.89. The van der Waals surface area contributed by atoms with Crippen molar-refractivity contribution in [3.05, 3.63) is 29.8 Å². The summed E-state index contributed by atoms with van der Waals surface area (Å²) in [5.41, 5.74) is 0.495. The molecule has 1 aliphatic heterocycles. The average molecular weight is 391 g/mol. The zero-order valence-electron chi connectivity index (χ0n) is 15.7. The van der Waals surface area contributed by atoms with Crippen LogP contribution >= 0.6 is 0 Å². The lowest BCUT2D eigenvalue weighted by atomic mass is 10.1. The van der Waals surface area contributed by atoms with Crippen LogP contribution in [0.25, 0.3) is 6.08 Å². The SMILES string of the molecule is COC(=O)C1CC(O)CN1C(=O)/C=C/c1ccc(OC(C)=O)c(OC(C)=O)c1. The van der Waals surface area contributed by atoms with Gasteiger partial charge in [0.15, 0.2) is 11.5 Å². The van der Waals surface area contributed by atoms with E-state index >= 15 is 0 Å². The van der Waals surface area contributed by atoms with Gasteiger partial charge in [-0.15, -0.1) is 0 Å². The van der Waals surface area contributed by atoms with Crippen LogP contribution in [0, 0.1) is 0 Å². The maximum atomic E-state index is 12.4. The molecule has 0 aromatic heterocycles. The van der Waals surface area contributed by atoms with Crippen LogP contribution < -0.4 is 9.47 Å². The summed E-state index contributed by atoms with van der Waals surface area (Å²) < 4.78 is 14.7. The highest BCUT2D eigenvalue weighted by atomic mass is 16.6. The van der Waals surface area contributed by atoms with Crippen molar-refractivity contribution in [1.29, 1.82) is 0 Å². The smallest absolute Gasteiger partial charge is 0.328 e. The minimum absolute atomic E-state index is 0.0209. The van der Waals surface area contributed by atoms with Crippen molar-refractivity contribution in [3.8, 4) is 11.5 Å². The minimum atomic E-state index is -0.847. The van der Waals surface area contributed by atoms with Crippen LogP contribution in [-0.4, -0.2) is 59.6 Å². The number of benzene rings is 1. The van der Waals surface area contributed by atoms with Crippen molar-refractivity contribution in [2.24, 2.45) is 0 Å². The van der Waals surface area contributed by atoms with Gasteiger partial charge in [-0.2, -0.15) is 0 Å². The molecule has 0 bridgehead atoms. The number of ether oxygens (including phenoxy) is 3. The van der Waals surface area contributed by atoms with Crippen molar-refractivity contribution >= 4 is 29.9 Å². The van der Waals surface area contributed by atoms with Crippen molar-refractivity contribution in [1.82, 2.24) is 4.90 Å². The Labute approximate surface area is 161 Å². The quantitative estimate of drug-likeness (QED) is 0.442. The van der Waals surface area contributed by atoms with Gasteiger partial charge in [0.25, 0.3) is 0 Å². The fourth-order valence-corrected chi connectivity index (χ4v) is 2.78. The molecule has 9 heteroatoms. The van der Waals surface area contributed by atoms with Gasteiger partial charge in [0.05, 0.1) is 13.2 Å². The van der Waals surface area contributed by atoms with Gasteiger partial charge in [0.2, 0.25) is 5.91 Å². The van der Waals surface area contributed by atoms with E-state index in [-0.39, 0.29) is 24.5 Å². The van der Waals surface area contributed by atoms with Crippen molar-refractivity contribution in [2.75, 3.05) is 13.7 Å². The Balaban J connectivity index is 2.20. The second-order valence-corrected chi connectivity index (χ2v) is 6.15. The first-order valence-electron chi connectivity index (χ1n) is 8.46. The first-order chi connectivity index (χ1) is 13.2. The molecule has 9 nitrogen and oxygen atoms in total. The number of aliphatic hydroxyl groups is 1. The molecule has 0 saturated carbocycles. The third-order valence-corrected chi connectivity index (χ3v) is 3.93. The van der Waals surface area contributed by atoms with Crippen molar-refractivity contribution < 1.29 is 38.5 Å². The van der Waals surface area contributed by atoms with Crippen LogP contribution in [0.5, 0.6) is 11.5 Å². The molecule has 2 atom stereocenters.